The van der Waals surface area contributed by atoms with Crippen LogP contribution in [-0.4, -0.2) is 36.1 Å². The molecule has 132 valence electrons. The molecule has 2 N–H and O–H groups in total. The van der Waals surface area contributed by atoms with E-state index in [0.717, 1.165) is 39.4 Å². The lowest BCUT2D eigenvalue weighted by molar-refractivity contribution is 0.0955. The fourth-order valence-electron chi connectivity index (χ4n) is 2.51. The number of hydrogen-bond acceptors (Lipinski definition) is 7. The number of carbonyl (C=O) groups is 1. The third kappa shape index (κ3) is 4.15. The van der Waals surface area contributed by atoms with Crippen molar-refractivity contribution in [3.63, 3.8) is 0 Å². The first kappa shape index (κ1) is 17.8. The van der Waals surface area contributed by atoms with Crippen LogP contribution in [0.25, 0.3) is 10.2 Å². The van der Waals surface area contributed by atoms with Gasteiger partial charge in [0, 0.05) is 25.1 Å². The molecule has 0 fully saturated rings. The summed E-state index contributed by atoms with van der Waals surface area (Å²) in [6, 6.07) is 3.99. The lowest BCUT2D eigenvalue weighted by atomic mass is 10.2. The zero-order valence-electron chi connectivity index (χ0n) is 14.2. The highest BCUT2D eigenvalue weighted by Crippen LogP contribution is 2.33. The summed E-state index contributed by atoms with van der Waals surface area (Å²) >= 11 is 3.03. The first-order valence-corrected chi connectivity index (χ1v) is 9.67. The minimum Gasteiger partial charge on any atom is -0.385 e. The van der Waals surface area contributed by atoms with Gasteiger partial charge in [-0.05, 0) is 30.4 Å². The zero-order chi connectivity index (χ0) is 17.6. The summed E-state index contributed by atoms with van der Waals surface area (Å²) < 4.78 is 5.06. The summed E-state index contributed by atoms with van der Waals surface area (Å²) in [5.41, 5.74) is 0.915. The van der Waals surface area contributed by atoms with Gasteiger partial charge in [0.25, 0.3) is 5.91 Å². The maximum absolute atomic E-state index is 12.6. The van der Waals surface area contributed by atoms with Gasteiger partial charge in [-0.25, -0.2) is 9.97 Å². The molecule has 0 spiro atoms. The predicted octanol–water partition coefficient (Wildman–Crippen LogP) is 3.44. The molecule has 25 heavy (non-hydrogen) atoms. The topological polar surface area (TPSA) is 76.1 Å². The Kier molecular flexibility index (Phi) is 5.95. The Labute approximate surface area is 154 Å². The number of fused-ring (bicyclic) bond motifs is 1. The molecular weight excluding hydrogens is 356 g/mol. The van der Waals surface area contributed by atoms with Crippen molar-refractivity contribution >= 4 is 44.6 Å². The van der Waals surface area contributed by atoms with Gasteiger partial charge in [-0.2, -0.15) is 0 Å². The molecule has 0 aliphatic rings. The number of amides is 1. The summed E-state index contributed by atoms with van der Waals surface area (Å²) in [6.07, 6.45) is 2.42. The number of hydrogen-bond donors (Lipinski definition) is 2. The highest BCUT2D eigenvalue weighted by atomic mass is 32.1. The SMILES string of the molecule is COCCCNc1ncnc2sc(C(=O)NCc3cccs3)c(C)c12. The van der Waals surface area contributed by atoms with Crippen LogP contribution in [0.3, 0.4) is 0 Å². The molecule has 0 unspecified atom stereocenters. The van der Waals surface area contributed by atoms with Crippen LogP contribution < -0.4 is 10.6 Å². The maximum atomic E-state index is 12.6. The summed E-state index contributed by atoms with van der Waals surface area (Å²) in [4.78, 5) is 23.9. The molecule has 0 saturated carbocycles. The van der Waals surface area contributed by atoms with E-state index < -0.39 is 0 Å². The van der Waals surface area contributed by atoms with Gasteiger partial charge in [0.15, 0.2) is 0 Å². The predicted molar refractivity (Wildman–Crippen MR) is 103 cm³/mol. The molecule has 6 nitrogen and oxygen atoms in total. The molecule has 3 rings (SSSR count). The second-order valence-corrected chi connectivity index (χ2v) is 7.53. The summed E-state index contributed by atoms with van der Waals surface area (Å²) in [6.45, 7) is 3.94. The minimum absolute atomic E-state index is 0.0702. The number of nitrogens with one attached hydrogen (secondary N) is 2. The number of aryl methyl sites for hydroxylation is 1. The fourth-order valence-corrected chi connectivity index (χ4v) is 4.22. The van der Waals surface area contributed by atoms with Crippen molar-refractivity contribution in [1.82, 2.24) is 15.3 Å². The van der Waals surface area contributed by atoms with Crippen LogP contribution in [0.1, 0.15) is 26.5 Å². The number of anilines is 1. The smallest absolute Gasteiger partial charge is 0.262 e. The van der Waals surface area contributed by atoms with Crippen molar-refractivity contribution in [2.24, 2.45) is 0 Å². The molecule has 0 atom stereocenters. The van der Waals surface area contributed by atoms with Crippen LogP contribution in [0.15, 0.2) is 23.8 Å². The van der Waals surface area contributed by atoms with E-state index in [9.17, 15) is 4.79 Å². The Bertz CT molecular complexity index is 846. The molecule has 3 heterocycles. The van der Waals surface area contributed by atoms with Crippen LogP contribution in [0, 0.1) is 6.92 Å². The zero-order valence-corrected chi connectivity index (χ0v) is 15.8. The average molecular weight is 377 g/mol. The van der Waals surface area contributed by atoms with E-state index in [1.807, 2.05) is 24.4 Å². The second-order valence-electron chi connectivity index (χ2n) is 5.49. The Hall–Kier alpha value is -2.03. The molecular formula is C17H20N4O2S2. The summed E-state index contributed by atoms with van der Waals surface area (Å²) in [5.74, 6) is 0.700. The molecule has 8 heteroatoms. The lowest BCUT2D eigenvalue weighted by Crippen LogP contribution is -2.21. The van der Waals surface area contributed by atoms with Crippen LogP contribution >= 0.6 is 22.7 Å². The van der Waals surface area contributed by atoms with Gasteiger partial charge in [0.05, 0.1) is 16.8 Å². The third-order valence-electron chi connectivity index (χ3n) is 3.75. The normalized spacial score (nSPS) is 11.0. The average Bonchev–Trinajstić information content (AvgIpc) is 3.25. The van der Waals surface area contributed by atoms with E-state index in [4.69, 9.17) is 4.74 Å². The number of thiophene rings is 2. The van der Waals surface area contributed by atoms with Crippen molar-refractivity contribution < 1.29 is 9.53 Å². The molecule has 3 aromatic rings. The molecule has 1 amide bonds. The van der Waals surface area contributed by atoms with Crippen LogP contribution in [0.2, 0.25) is 0 Å². The summed E-state index contributed by atoms with van der Waals surface area (Å²) in [7, 11) is 1.69. The molecule has 0 aliphatic heterocycles. The molecule has 3 aromatic heterocycles. The number of methoxy groups -OCH3 is 1. The quantitative estimate of drug-likeness (QED) is 0.589. The fraction of sp³-hybridized carbons (Fsp3) is 0.353. The van der Waals surface area contributed by atoms with Gasteiger partial charge in [-0.15, -0.1) is 22.7 Å². The van der Waals surface area contributed by atoms with Crippen molar-refractivity contribution in [2.45, 2.75) is 19.9 Å². The van der Waals surface area contributed by atoms with E-state index in [0.29, 0.717) is 18.0 Å². The van der Waals surface area contributed by atoms with Crippen molar-refractivity contribution in [1.29, 1.82) is 0 Å². The van der Waals surface area contributed by atoms with Crippen LogP contribution in [0.5, 0.6) is 0 Å². The number of aromatic nitrogens is 2. The van der Waals surface area contributed by atoms with E-state index in [1.165, 1.54) is 17.7 Å². The first-order valence-electron chi connectivity index (χ1n) is 7.98. The van der Waals surface area contributed by atoms with Gasteiger partial charge < -0.3 is 15.4 Å². The second kappa shape index (κ2) is 8.37. The van der Waals surface area contributed by atoms with Gasteiger partial charge in [-0.1, -0.05) is 6.07 Å². The number of nitrogens with zero attached hydrogens (tertiary/aromatic N) is 2. The Balaban J connectivity index is 1.77. The molecule has 0 radical (unpaired) electrons. The lowest BCUT2D eigenvalue weighted by Gasteiger charge is -2.07. The largest absolute Gasteiger partial charge is 0.385 e. The number of carbonyl (C=O) groups excluding carboxylic acids is 1. The first-order chi connectivity index (χ1) is 12.2. The Morgan fingerprint density at radius 2 is 2.24 bits per heavy atom. The van der Waals surface area contributed by atoms with Gasteiger partial charge in [-0.3, -0.25) is 4.79 Å². The molecule has 0 bridgehead atoms. The van der Waals surface area contributed by atoms with E-state index in [1.54, 1.807) is 18.4 Å². The van der Waals surface area contributed by atoms with Crippen molar-refractivity contribution in [2.75, 3.05) is 25.6 Å². The van der Waals surface area contributed by atoms with Crippen molar-refractivity contribution in [3.05, 3.63) is 39.2 Å². The van der Waals surface area contributed by atoms with Gasteiger partial charge in [0.2, 0.25) is 0 Å². The van der Waals surface area contributed by atoms with E-state index in [2.05, 4.69) is 20.6 Å². The van der Waals surface area contributed by atoms with Gasteiger partial charge in [0.1, 0.15) is 17.0 Å². The highest BCUT2D eigenvalue weighted by molar-refractivity contribution is 7.20. The minimum atomic E-state index is -0.0702. The third-order valence-corrected chi connectivity index (χ3v) is 5.83. The van der Waals surface area contributed by atoms with E-state index in [-0.39, 0.29) is 5.91 Å². The Morgan fingerprint density at radius 1 is 1.36 bits per heavy atom. The Morgan fingerprint density at radius 3 is 3.00 bits per heavy atom. The monoisotopic (exact) mass is 376 g/mol. The standard InChI is InChI=1S/C17H20N4O2S2/c1-11-13-15(18-6-4-7-23-2)20-10-21-17(13)25-14(11)16(22)19-9-12-5-3-8-24-12/h3,5,8,10H,4,6-7,9H2,1-2H3,(H,19,22)(H,18,20,21). The number of rotatable bonds is 8. The molecule has 0 saturated heterocycles. The molecule has 0 aliphatic carbocycles. The van der Waals surface area contributed by atoms with Gasteiger partial charge >= 0.3 is 0 Å². The van der Waals surface area contributed by atoms with E-state index >= 15 is 0 Å². The van der Waals surface area contributed by atoms with Crippen molar-refractivity contribution in [3.8, 4) is 0 Å². The number of ether oxygens (including phenoxy) is 1. The maximum Gasteiger partial charge on any atom is 0.262 e. The highest BCUT2D eigenvalue weighted by Gasteiger charge is 2.19. The summed E-state index contributed by atoms with van der Waals surface area (Å²) in [5, 5.41) is 9.22. The van der Waals surface area contributed by atoms with Crippen LogP contribution in [-0.2, 0) is 11.3 Å². The molecule has 0 aromatic carbocycles. The van der Waals surface area contributed by atoms with Crippen LogP contribution in [0.4, 0.5) is 5.82 Å².